The Morgan fingerprint density at radius 2 is 2.29 bits per heavy atom. The van der Waals surface area contributed by atoms with Gasteiger partial charge in [-0.15, -0.1) is 0 Å². The number of nitrogens with one attached hydrogen (secondary N) is 1. The minimum Gasteiger partial charge on any atom is -0.453 e. The average molecular weight is 294 g/mol. The van der Waals surface area contributed by atoms with Crippen molar-refractivity contribution in [3.63, 3.8) is 0 Å². The number of amides is 2. The zero-order valence-corrected chi connectivity index (χ0v) is 12.3. The standard InChI is InChI=1S/C15H22N2O4/c1-9-8-21-6-4-11(9)13(16-15(19)20-2)14(18)17-5-3-10-7-12(10)17/h10-13H,1,3-8H2,2H3,(H,16,19). The summed E-state index contributed by atoms with van der Waals surface area (Å²) in [6, 6.07) is -0.208. The van der Waals surface area contributed by atoms with Gasteiger partial charge >= 0.3 is 6.09 Å². The Labute approximate surface area is 124 Å². The summed E-state index contributed by atoms with van der Waals surface area (Å²) in [7, 11) is 1.31. The summed E-state index contributed by atoms with van der Waals surface area (Å²) >= 11 is 0. The van der Waals surface area contributed by atoms with E-state index in [4.69, 9.17) is 4.74 Å². The van der Waals surface area contributed by atoms with Crippen LogP contribution in [0.1, 0.15) is 19.3 Å². The van der Waals surface area contributed by atoms with Crippen LogP contribution in [0, 0.1) is 11.8 Å². The normalized spacial score (nSPS) is 32.3. The van der Waals surface area contributed by atoms with Crippen LogP contribution in [0.2, 0.25) is 0 Å². The fraction of sp³-hybridized carbons (Fsp3) is 0.733. The highest BCUT2D eigenvalue weighted by Gasteiger charge is 2.51. The van der Waals surface area contributed by atoms with E-state index in [-0.39, 0.29) is 11.8 Å². The summed E-state index contributed by atoms with van der Waals surface area (Å²) in [5.74, 6) is 0.590. The third kappa shape index (κ3) is 2.77. The van der Waals surface area contributed by atoms with Gasteiger partial charge in [0.05, 0.1) is 13.7 Å². The first-order chi connectivity index (χ1) is 10.1. The van der Waals surface area contributed by atoms with E-state index >= 15 is 0 Å². The molecule has 116 valence electrons. The number of carbonyl (C=O) groups excluding carboxylic acids is 2. The molecule has 0 radical (unpaired) electrons. The van der Waals surface area contributed by atoms with E-state index in [9.17, 15) is 9.59 Å². The lowest BCUT2D eigenvalue weighted by atomic mass is 9.87. The van der Waals surface area contributed by atoms with Crippen LogP contribution in [-0.4, -0.2) is 55.9 Å². The molecule has 3 fully saturated rings. The second kappa shape index (κ2) is 5.67. The molecule has 6 nitrogen and oxygen atoms in total. The van der Waals surface area contributed by atoms with Gasteiger partial charge in [0.1, 0.15) is 6.04 Å². The van der Waals surface area contributed by atoms with Crippen molar-refractivity contribution < 1.29 is 19.1 Å². The Balaban J connectivity index is 1.75. The number of nitrogens with zero attached hydrogens (tertiary/aromatic N) is 1. The quantitative estimate of drug-likeness (QED) is 0.786. The first-order valence-electron chi connectivity index (χ1n) is 7.52. The van der Waals surface area contributed by atoms with Gasteiger partial charge < -0.3 is 19.7 Å². The summed E-state index contributed by atoms with van der Waals surface area (Å²) in [6.45, 7) is 5.83. The van der Waals surface area contributed by atoms with E-state index in [1.165, 1.54) is 7.11 Å². The van der Waals surface area contributed by atoms with Crippen LogP contribution in [0.15, 0.2) is 12.2 Å². The molecule has 0 bridgehead atoms. The van der Waals surface area contributed by atoms with Crippen molar-refractivity contribution >= 4 is 12.0 Å². The summed E-state index contributed by atoms with van der Waals surface area (Å²) in [5, 5.41) is 2.71. The zero-order chi connectivity index (χ0) is 15.0. The molecule has 0 spiro atoms. The summed E-state index contributed by atoms with van der Waals surface area (Å²) in [6.07, 6.45) is 2.31. The predicted octanol–water partition coefficient (Wildman–Crippen LogP) is 0.924. The number of rotatable bonds is 3. The number of methoxy groups -OCH3 is 1. The van der Waals surface area contributed by atoms with Crippen LogP contribution in [0.4, 0.5) is 4.79 Å². The second-order valence-electron chi connectivity index (χ2n) is 6.10. The van der Waals surface area contributed by atoms with Crippen molar-refractivity contribution in [2.45, 2.75) is 31.3 Å². The van der Waals surface area contributed by atoms with Crippen molar-refractivity contribution in [2.24, 2.45) is 11.8 Å². The molecular formula is C15H22N2O4. The molecule has 2 saturated heterocycles. The molecule has 6 heteroatoms. The van der Waals surface area contributed by atoms with Crippen LogP contribution in [0.3, 0.4) is 0 Å². The molecular weight excluding hydrogens is 272 g/mol. The summed E-state index contributed by atoms with van der Waals surface area (Å²) in [5.41, 5.74) is 0.863. The molecule has 0 aromatic heterocycles. The molecule has 0 aromatic carbocycles. The van der Waals surface area contributed by atoms with Gasteiger partial charge in [0.15, 0.2) is 0 Å². The summed E-state index contributed by atoms with van der Waals surface area (Å²) < 4.78 is 10.0. The lowest BCUT2D eigenvalue weighted by Gasteiger charge is -2.34. The lowest BCUT2D eigenvalue weighted by molar-refractivity contribution is -0.134. The van der Waals surface area contributed by atoms with Gasteiger partial charge in [0.25, 0.3) is 0 Å². The molecule has 1 N–H and O–H groups in total. The minimum absolute atomic E-state index is 0.00144. The molecule has 0 aromatic rings. The van der Waals surface area contributed by atoms with Gasteiger partial charge in [-0.2, -0.15) is 0 Å². The SMILES string of the molecule is C=C1COCCC1C(NC(=O)OC)C(=O)N1CCC2CC21. The molecule has 3 aliphatic rings. The largest absolute Gasteiger partial charge is 0.453 e. The maximum absolute atomic E-state index is 12.9. The van der Waals surface area contributed by atoms with Crippen LogP contribution in [0.25, 0.3) is 0 Å². The topological polar surface area (TPSA) is 67.9 Å². The molecule has 4 unspecified atom stereocenters. The smallest absolute Gasteiger partial charge is 0.407 e. The van der Waals surface area contributed by atoms with Gasteiger partial charge in [-0.1, -0.05) is 6.58 Å². The average Bonchev–Trinajstić information content (AvgIpc) is 3.15. The Kier molecular flexibility index (Phi) is 3.89. The van der Waals surface area contributed by atoms with E-state index < -0.39 is 12.1 Å². The van der Waals surface area contributed by atoms with Crippen molar-refractivity contribution in [1.29, 1.82) is 0 Å². The number of hydrogen-bond acceptors (Lipinski definition) is 4. The number of piperidine rings is 1. The molecule has 1 saturated carbocycles. The number of hydrogen-bond donors (Lipinski definition) is 1. The first kappa shape index (κ1) is 14.4. The molecule has 2 amide bonds. The highest BCUT2D eigenvalue weighted by molar-refractivity contribution is 5.87. The van der Waals surface area contributed by atoms with Crippen molar-refractivity contribution in [2.75, 3.05) is 26.9 Å². The molecule has 2 aliphatic heterocycles. The maximum Gasteiger partial charge on any atom is 0.407 e. The van der Waals surface area contributed by atoms with Gasteiger partial charge in [-0.3, -0.25) is 4.79 Å². The predicted molar refractivity (Wildman–Crippen MR) is 75.6 cm³/mol. The van der Waals surface area contributed by atoms with Crippen molar-refractivity contribution in [3.05, 3.63) is 12.2 Å². The van der Waals surface area contributed by atoms with Gasteiger partial charge in [-0.05, 0) is 30.8 Å². The number of carbonyl (C=O) groups is 2. The van der Waals surface area contributed by atoms with Gasteiger partial charge in [-0.25, -0.2) is 4.79 Å². The Morgan fingerprint density at radius 1 is 1.48 bits per heavy atom. The van der Waals surface area contributed by atoms with E-state index in [1.807, 2.05) is 4.90 Å². The van der Waals surface area contributed by atoms with Crippen molar-refractivity contribution in [3.8, 4) is 0 Å². The number of ether oxygens (including phenoxy) is 2. The lowest BCUT2D eigenvalue weighted by Crippen LogP contribution is -2.53. The van der Waals surface area contributed by atoms with Gasteiger partial charge in [0.2, 0.25) is 5.91 Å². The zero-order valence-electron chi connectivity index (χ0n) is 12.3. The summed E-state index contributed by atoms with van der Waals surface area (Å²) in [4.78, 5) is 26.4. The molecule has 4 atom stereocenters. The Bertz CT molecular complexity index is 465. The first-order valence-corrected chi connectivity index (χ1v) is 7.52. The van der Waals surface area contributed by atoms with Crippen molar-refractivity contribution in [1.82, 2.24) is 10.2 Å². The maximum atomic E-state index is 12.9. The third-order valence-electron chi connectivity index (χ3n) is 4.82. The van der Waals surface area contributed by atoms with Crippen LogP contribution >= 0.6 is 0 Å². The molecule has 2 heterocycles. The Hall–Kier alpha value is -1.56. The number of fused-ring (bicyclic) bond motifs is 1. The van der Waals surface area contributed by atoms with Gasteiger partial charge in [0, 0.05) is 25.1 Å². The second-order valence-corrected chi connectivity index (χ2v) is 6.10. The molecule has 21 heavy (non-hydrogen) atoms. The molecule has 1 aliphatic carbocycles. The molecule has 3 rings (SSSR count). The van der Waals surface area contributed by atoms with E-state index in [0.29, 0.717) is 31.6 Å². The number of likely N-dealkylation sites (tertiary alicyclic amines) is 1. The van der Waals surface area contributed by atoms with E-state index in [2.05, 4.69) is 16.6 Å². The number of alkyl carbamates (subject to hydrolysis) is 1. The minimum atomic E-state index is -0.590. The van der Waals surface area contributed by atoms with Crippen LogP contribution in [0.5, 0.6) is 0 Å². The Morgan fingerprint density at radius 3 is 2.86 bits per heavy atom. The fourth-order valence-corrected chi connectivity index (χ4v) is 3.49. The van der Waals surface area contributed by atoms with E-state index in [0.717, 1.165) is 25.0 Å². The monoisotopic (exact) mass is 294 g/mol. The van der Waals surface area contributed by atoms with Crippen LogP contribution < -0.4 is 5.32 Å². The highest BCUT2D eigenvalue weighted by atomic mass is 16.5. The van der Waals surface area contributed by atoms with Crippen LogP contribution in [-0.2, 0) is 14.3 Å². The fourth-order valence-electron chi connectivity index (χ4n) is 3.49. The van der Waals surface area contributed by atoms with E-state index in [1.54, 1.807) is 0 Å². The third-order valence-corrected chi connectivity index (χ3v) is 4.82. The highest BCUT2D eigenvalue weighted by Crippen LogP contribution is 2.45.